The van der Waals surface area contributed by atoms with E-state index < -0.39 is 82.4 Å². The van der Waals surface area contributed by atoms with Crippen molar-refractivity contribution in [1.82, 2.24) is 0 Å². The molecule has 2 rings (SSSR count). The number of aliphatic hydroxyl groups is 8. The van der Waals surface area contributed by atoms with Gasteiger partial charge in [-0.2, -0.15) is 0 Å². The molecule has 0 amide bonds. The van der Waals surface area contributed by atoms with Crippen molar-refractivity contribution in [3.63, 3.8) is 0 Å². The largest absolute Gasteiger partial charge is 2.00 e. The van der Waals surface area contributed by atoms with E-state index in [9.17, 15) is 30.6 Å². The summed E-state index contributed by atoms with van der Waals surface area (Å²) in [6.45, 7) is -2.32. The molecule has 0 aromatic carbocycles. The van der Waals surface area contributed by atoms with Crippen LogP contribution in [0, 0.1) is 0 Å². The van der Waals surface area contributed by atoms with Crippen LogP contribution < -0.4 is 9.79 Å². The standard InChI is InChI=1S/C12H22O11.Ca.H3O4P/c13-1-4-6(16)8(18)9(19)11(21-4)23-12(3-15)10(20)7(17)5(2-14)22-12;;1-5(2,3)4/h4-11,13-20H,1-3H2;;(H3,1,2,3,4)/q;+2;/p-2. The second-order valence-electron chi connectivity index (χ2n) is 6.03. The van der Waals surface area contributed by atoms with Crippen LogP contribution in [0.15, 0.2) is 0 Å². The summed E-state index contributed by atoms with van der Waals surface area (Å²) in [6.07, 6.45) is -12.7. The SMILES string of the molecule is O=P([O-])([O-])O.OCC1OC(OC2(CO)OC(CO)C(O)C2O)C(O)C(O)C1O.[Ca+2]. The number of ether oxygens (including phenoxy) is 3. The molecule has 168 valence electrons. The van der Waals surface area contributed by atoms with Gasteiger partial charge < -0.3 is 74.3 Å². The average molecular weight is 478 g/mol. The van der Waals surface area contributed by atoms with Gasteiger partial charge in [-0.1, -0.05) is 0 Å². The van der Waals surface area contributed by atoms with Crippen LogP contribution in [0.2, 0.25) is 0 Å². The van der Waals surface area contributed by atoms with Crippen LogP contribution in [0.3, 0.4) is 0 Å². The molecule has 29 heavy (non-hydrogen) atoms. The van der Waals surface area contributed by atoms with Gasteiger partial charge in [0.05, 0.1) is 21.0 Å². The van der Waals surface area contributed by atoms with Crippen LogP contribution in [0.4, 0.5) is 0 Å². The number of aliphatic hydroxyl groups excluding tert-OH is 8. The summed E-state index contributed by atoms with van der Waals surface area (Å²) in [5, 5.41) is 76.7. The Hall–Kier alpha value is 0.930. The molecule has 0 radical (unpaired) electrons. The third-order valence-electron chi connectivity index (χ3n) is 4.07. The molecule has 2 heterocycles. The summed E-state index contributed by atoms with van der Waals surface area (Å²) in [6, 6.07) is 0. The van der Waals surface area contributed by atoms with Gasteiger partial charge in [-0.05, 0) is 0 Å². The number of hydrogen-bond acceptors (Lipinski definition) is 14. The molecule has 0 bridgehead atoms. The maximum absolute atomic E-state index is 10.00. The zero-order valence-electron chi connectivity index (χ0n) is 14.9. The molecule has 2 fully saturated rings. The van der Waals surface area contributed by atoms with Crippen LogP contribution in [0.25, 0.3) is 0 Å². The molecule has 17 heteroatoms. The van der Waals surface area contributed by atoms with Crippen molar-refractivity contribution >= 4 is 45.6 Å². The summed E-state index contributed by atoms with van der Waals surface area (Å²) < 4.78 is 24.1. The van der Waals surface area contributed by atoms with Crippen LogP contribution in [-0.4, -0.2) is 158 Å². The van der Waals surface area contributed by atoms with Crippen LogP contribution in [0.1, 0.15) is 0 Å². The molecule has 9 N–H and O–H groups in total. The summed E-state index contributed by atoms with van der Waals surface area (Å²) >= 11 is 0. The van der Waals surface area contributed by atoms with Gasteiger partial charge in [-0.15, -0.1) is 0 Å². The van der Waals surface area contributed by atoms with Crippen molar-refractivity contribution in [3.8, 4) is 0 Å². The van der Waals surface area contributed by atoms with Crippen molar-refractivity contribution in [1.29, 1.82) is 0 Å². The third-order valence-corrected chi connectivity index (χ3v) is 4.07. The summed E-state index contributed by atoms with van der Waals surface area (Å²) in [5.41, 5.74) is 0. The van der Waals surface area contributed by atoms with E-state index in [4.69, 9.17) is 43.7 Å². The number of phosphoric acid groups is 1. The Morgan fingerprint density at radius 3 is 1.76 bits per heavy atom. The zero-order valence-corrected chi connectivity index (χ0v) is 18.0. The Kier molecular flexibility index (Phi) is 12.6. The minimum Gasteiger partial charge on any atom is -0.790 e. The van der Waals surface area contributed by atoms with Gasteiger partial charge in [0.1, 0.15) is 49.3 Å². The maximum atomic E-state index is 10.00. The second kappa shape index (κ2) is 12.2. The topological polar surface area (TPSA) is 273 Å². The van der Waals surface area contributed by atoms with Crippen molar-refractivity contribution in [2.24, 2.45) is 0 Å². The van der Waals surface area contributed by atoms with Crippen molar-refractivity contribution < 1.29 is 74.3 Å². The molecular formula is C12H23CaO15P. The monoisotopic (exact) mass is 478 g/mol. The molecule has 0 aliphatic carbocycles. The fraction of sp³-hybridized carbons (Fsp3) is 1.00. The van der Waals surface area contributed by atoms with Crippen LogP contribution >= 0.6 is 7.82 Å². The van der Waals surface area contributed by atoms with E-state index in [1.165, 1.54) is 0 Å². The fourth-order valence-electron chi connectivity index (χ4n) is 2.63. The molecule has 2 saturated heterocycles. The Balaban J connectivity index is 0.00000117. The predicted molar refractivity (Wildman–Crippen MR) is 84.2 cm³/mol. The molecule has 9 atom stereocenters. The van der Waals surface area contributed by atoms with Crippen molar-refractivity contribution in [2.45, 2.75) is 54.8 Å². The molecule has 2 aliphatic heterocycles. The Labute approximate surface area is 193 Å². The second-order valence-corrected chi connectivity index (χ2v) is 6.97. The fourth-order valence-corrected chi connectivity index (χ4v) is 2.63. The first kappa shape index (κ1) is 29.9. The Morgan fingerprint density at radius 2 is 1.38 bits per heavy atom. The molecular weight excluding hydrogens is 455 g/mol. The van der Waals surface area contributed by atoms with Gasteiger partial charge in [0.15, 0.2) is 6.29 Å². The molecule has 0 aromatic heterocycles. The smallest absolute Gasteiger partial charge is 0.790 e. The molecule has 9 unspecified atom stereocenters. The van der Waals surface area contributed by atoms with Gasteiger partial charge in [-0.25, -0.2) is 0 Å². The molecule has 2 aliphatic rings. The van der Waals surface area contributed by atoms with E-state index in [0.717, 1.165) is 0 Å². The van der Waals surface area contributed by atoms with E-state index in [1.54, 1.807) is 0 Å². The zero-order chi connectivity index (χ0) is 21.9. The number of rotatable bonds is 5. The van der Waals surface area contributed by atoms with E-state index in [1.807, 2.05) is 0 Å². The Morgan fingerprint density at radius 1 is 0.897 bits per heavy atom. The normalized spacial score (nSPS) is 42.6. The first-order valence-electron chi connectivity index (χ1n) is 7.80. The minimum atomic E-state index is -5.14. The van der Waals surface area contributed by atoms with Gasteiger partial charge in [0.25, 0.3) is 0 Å². The van der Waals surface area contributed by atoms with E-state index in [-0.39, 0.29) is 37.7 Å². The molecule has 0 saturated carbocycles. The van der Waals surface area contributed by atoms with Crippen molar-refractivity contribution in [3.05, 3.63) is 0 Å². The van der Waals surface area contributed by atoms with E-state index in [0.29, 0.717) is 0 Å². The van der Waals surface area contributed by atoms with Gasteiger partial charge in [0, 0.05) is 0 Å². The first-order chi connectivity index (χ1) is 12.8. The maximum Gasteiger partial charge on any atom is 2.00 e. The minimum absolute atomic E-state index is 0. The van der Waals surface area contributed by atoms with E-state index >= 15 is 0 Å². The summed E-state index contributed by atoms with van der Waals surface area (Å²) in [5.74, 6) is -2.22. The summed E-state index contributed by atoms with van der Waals surface area (Å²) in [7, 11) is -5.14. The van der Waals surface area contributed by atoms with Gasteiger partial charge >= 0.3 is 37.7 Å². The predicted octanol–water partition coefficient (Wildman–Crippen LogP) is -7.97. The first-order valence-corrected chi connectivity index (χ1v) is 9.29. The van der Waals surface area contributed by atoms with Gasteiger partial charge in [-0.3, -0.25) is 0 Å². The van der Waals surface area contributed by atoms with E-state index in [2.05, 4.69) is 0 Å². The van der Waals surface area contributed by atoms with Gasteiger partial charge in [0.2, 0.25) is 5.79 Å². The summed E-state index contributed by atoms with van der Waals surface area (Å²) in [4.78, 5) is 24.3. The van der Waals surface area contributed by atoms with Crippen molar-refractivity contribution in [2.75, 3.05) is 19.8 Å². The third kappa shape index (κ3) is 7.78. The molecule has 15 nitrogen and oxygen atoms in total. The molecule has 0 spiro atoms. The Bertz CT molecular complexity index is 525. The average Bonchev–Trinajstić information content (AvgIpc) is 2.86. The van der Waals surface area contributed by atoms with Crippen LogP contribution in [-0.2, 0) is 18.8 Å². The molecule has 0 aromatic rings. The van der Waals surface area contributed by atoms with Crippen LogP contribution in [0.5, 0.6) is 0 Å². The number of hydrogen-bond donors (Lipinski definition) is 9. The quantitative estimate of drug-likeness (QED) is 0.131.